The van der Waals surface area contributed by atoms with E-state index in [1.807, 2.05) is 0 Å². The van der Waals surface area contributed by atoms with Crippen molar-refractivity contribution in [3.8, 4) is 11.5 Å². The van der Waals surface area contributed by atoms with Gasteiger partial charge in [-0.1, -0.05) is 17.7 Å². The number of halogens is 4. The summed E-state index contributed by atoms with van der Waals surface area (Å²) in [5, 5.41) is 8.36. The number of carboxylic acid groups (broad SMARTS) is 1. The van der Waals surface area contributed by atoms with Crippen LogP contribution in [0.2, 0.25) is 0 Å². The van der Waals surface area contributed by atoms with Gasteiger partial charge in [0, 0.05) is 6.07 Å². The van der Waals surface area contributed by atoms with Crippen LogP contribution >= 0.6 is 11.6 Å². The van der Waals surface area contributed by atoms with E-state index in [0.717, 1.165) is 12.1 Å². The molecule has 0 heterocycles. The molecule has 0 aliphatic heterocycles. The predicted octanol–water partition coefficient (Wildman–Crippen LogP) is 2.66. The number of alkyl halides is 4. The molecule has 4 nitrogen and oxygen atoms in total. The van der Waals surface area contributed by atoms with Crippen molar-refractivity contribution in [2.45, 2.75) is 11.7 Å². The lowest BCUT2D eigenvalue weighted by Crippen LogP contribution is -2.32. The van der Waals surface area contributed by atoms with E-state index in [2.05, 4.69) is 16.3 Å². The van der Waals surface area contributed by atoms with Gasteiger partial charge in [-0.2, -0.15) is 8.78 Å². The van der Waals surface area contributed by atoms with Crippen LogP contribution in [0.4, 0.5) is 13.2 Å². The highest BCUT2D eigenvalue weighted by Gasteiger charge is 2.42. The van der Waals surface area contributed by atoms with Crippen molar-refractivity contribution >= 4 is 17.6 Å². The van der Waals surface area contributed by atoms with Gasteiger partial charge >= 0.3 is 12.1 Å². The first-order valence-electron chi connectivity index (χ1n) is 4.61. The highest BCUT2D eigenvalue weighted by molar-refractivity contribution is 6.20. The van der Waals surface area contributed by atoms with E-state index in [4.69, 9.17) is 9.84 Å². The van der Waals surface area contributed by atoms with E-state index < -0.39 is 30.1 Å². The van der Waals surface area contributed by atoms with Gasteiger partial charge in [0.25, 0.3) is 5.63 Å². The van der Waals surface area contributed by atoms with E-state index in [9.17, 15) is 18.0 Å². The van der Waals surface area contributed by atoms with Crippen molar-refractivity contribution in [2.24, 2.45) is 0 Å². The standard InChI is InChI=1S/C10H8ClF3O4/c11-9(12)10(13,14)18-7-3-1-2-6(4-7)17-5-8(15)16/h1-4,9H,5H2,(H,15,16). The summed E-state index contributed by atoms with van der Waals surface area (Å²) in [5.74, 6) is -1.63. The number of hydrogen-bond acceptors (Lipinski definition) is 3. The molecule has 1 aromatic carbocycles. The SMILES string of the molecule is O=C(O)COc1cccc(OC(F)(F)C(F)Cl)c1. The number of aliphatic carboxylic acids is 1. The Morgan fingerprint density at radius 1 is 1.44 bits per heavy atom. The molecule has 1 aromatic rings. The molecule has 1 rings (SSSR count). The Balaban J connectivity index is 2.73. The van der Waals surface area contributed by atoms with Gasteiger partial charge in [-0.05, 0) is 12.1 Å². The van der Waals surface area contributed by atoms with Crippen molar-refractivity contribution in [3.63, 3.8) is 0 Å². The monoisotopic (exact) mass is 284 g/mol. The Bertz CT molecular complexity index is 425. The molecule has 0 bridgehead atoms. The summed E-state index contributed by atoms with van der Waals surface area (Å²) in [6, 6.07) is 4.74. The van der Waals surface area contributed by atoms with Crippen molar-refractivity contribution in [1.29, 1.82) is 0 Å². The zero-order valence-corrected chi connectivity index (χ0v) is 9.53. The first-order valence-corrected chi connectivity index (χ1v) is 5.04. The first kappa shape index (κ1) is 14.4. The molecule has 18 heavy (non-hydrogen) atoms. The molecule has 8 heteroatoms. The van der Waals surface area contributed by atoms with Gasteiger partial charge in [-0.25, -0.2) is 9.18 Å². The number of benzene rings is 1. The molecule has 100 valence electrons. The highest BCUT2D eigenvalue weighted by atomic mass is 35.5. The van der Waals surface area contributed by atoms with Crippen molar-refractivity contribution in [1.82, 2.24) is 0 Å². The van der Waals surface area contributed by atoms with Crippen LogP contribution in [0.15, 0.2) is 24.3 Å². The summed E-state index contributed by atoms with van der Waals surface area (Å²) >= 11 is 4.61. The van der Waals surface area contributed by atoms with Gasteiger partial charge < -0.3 is 14.6 Å². The van der Waals surface area contributed by atoms with Crippen LogP contribution in [0.1, 0.15) is 0 Å². The zero-order chi connectivity index (χ0) is 13.8. The van der Waals surface area contributed by atoms with Crippen LogP contribution in [0.5, 0.6) is 11.5 Å². The zero-order valence-electron chi connectivity index (χ0n) is 8.78. The van der Waals surface area contributed by atoms with Gasteiger partial charge in [0.05, 0.1) is 0 Å². The molecule has 1 atom stereocenters. The Kier molecular flexibility index (Phi) is 4.66. The number of rotatable bonds is 6. The lowest BCUT2D eigenvalue weighted by atomic mass is 10.3. The Labute approximate surface area is 105 Å². The lowest BCUT2D eigenvalue weighted by Gasteiger charge is -2.17. The fourth-order valence-electron chi connectivity index (χ4n) is 0.974. The Hall–Kier alpha value is -1.63. The van der Waals surface area contributed by atoms with Gasteiger partial charge in [0.15, 0.2) is 6.61 Å². The Morgan fingerprint density at radius 2 is 2.06 bits per heavy atom. The van der Waals surface area contributed by atoms with Crippen molar-refractivity contribution < 1.29 is 32.5 Å². The minimum atomic E-state index is -4.19. The van der Waals surface area contributed by atoms with Crippen LogP contribution in [0.3, 0.4) is 0 Å². The second kappa shape index (κ2) is 5.81. The summed E-state index contributed by atoms with van der Waals surface area (Å²) in [6.07, 6.45) is -4.19. The van der Waals surface area contributed by atoms with Crippen LogP contribution in [-0.4, -0.2) is 29.4 Å². The van der Waals surface area contributed by atoms with E-state index in [0.29, 0.717) is 0 Å². The van der Waals surface area contributed by atoms with Crippen LogP contribution in [0, 0.1) is 0 Å². The molecule has 0 saturated heterocycles. The topological polar surface area (TPSA) is 55.8 Å². The quantitative estimate of drug-likeness (QED) is 0.816. The second-order valence-electron chi connectivity index (χ2n) is 3.12. The van der Waals surface area contributed by atoms with E-state index in [1.54, 1.807) is 0 Å². The van der Waals surface area contributed by atoms with Gasteiger partial charge in [0.1, 0.15) is 11.5 Å². The van der Waals surface area contributed by atoms with Crippen molar-refractivity contribution in [3.05, 3.63) is 24.3 Å². The molecule has 0 amide bonds. The molecule has 0 spiro atoms. The van der Waals surface area contributed by atoms with E-state index >= 15 is 0 Å². The van der Waals surface area contributed by atoms with Gasteiger partial charge in [0.2, 0.25) is 0 Å². The highest BCUT2D eigenvalue weighted by Crippen LogP contribution is 2.30. The molecule has 0 aliphatic carbocycles. The minimum absolute atomic E-state index is 0.00400. The summed E-state index contributed by atoms with van der Waals surface area (Å²) in [6.45, 7) is -0.638. The number of ether oxygens (including phenoxy) is 2. The molecule has 0 radical (unpaired) electrons. The van der Waals surface area contributed by atoms with E-state index in [-0.39, 0.29) is 5.75 Å². The second-order valence-corrected chi connectivity index (χ2v) is 3.51. The minimum Gasteiger partial charge on any atom is -0.482 e. The third-order valence-corrected chi connectivity index (χ3v) is 1.93. The largest absolute Gasteiger partial charge is 0.482 e. The summed E-state index contributed by atoms with van der Waals surface area (Å²) in [5.41, 5.74) is -3.00. The van der Waals surface area contributed by atoms with Gasteiger partial charge in [-0.15, -0.1) is 0 Å². The van der Waals surface area contributed by atoms with Gasteiger partial charge in [-0.3, -0.25) is 0 Å². The molecule has 0 aromatic heterocycles. The normalized spacial score (nSPS) is 12.9. The average Bonchev–Trinajstić information content (AvgIpc) is 2.26. The third kappa shape index (κ3) is 4.33. The number of carbonyl (C=O) groups is 1. The smallest absolute Gasteiger partial charge is 0.444 e. The fourth-order valence-corrected chi connectivity index (χ4v) is 1.02. The maximum absolute atomic E-state index is 12.8. The van der Waals surface area contributed by atoms with Crippen LogP contribution in [0.25, 0.3) is 0 Å². The lowest BCUT2D eigenvalue weighted by molar-refractivity contribution is -0.199. The maximum Gasteiger partial charge on any atom is 0.444 e. The third-order valence-electron chi connectivity index (χ3n) is 1.68. The maximum atomic E-state index is 12.8. The average molecular weight is 285 g/mol. The number of hydrogen-bond donors (Lipinski definition) is 1. The summed E-state index contributed by atoms with van der Waals surface area (Å²) < 4.78 is 46.7. The number of carboxylic acids is 1. The first-order chi connectivity index (χ1) is 8.31. The molecule has 0 saturated carbocycles. The summed E-state index contributed by atoms with van der Waals surface area (Å²) in [4.78, 5) is 10.2. The molecular weight excluding hydrogens is 277 g/mol. The molecule has 0 aliphatic rings. The van der Waals surface area contributed by atoms with E-state index in [1.165, 1.54) is 12.1 Å². The predicted molar refractivity (Wildman–Crippen MR) is 55.9 cm³/mol. The Morgan fingerprint density at radius 3 is 2.61 bits per heavy atom. The molecule has 1 N–H and O–H groups in total. The van der Waals surface area contributed by atoms with Crippen LogP contribution < -0.4 is 9.47 Å². The fraction of sp³-hybridized carbons (Fsp3) is 0.300. The van der Waals surface area contributed by atoms with Crippen molar-refractivity contribution in [2.75, 3.05) is 6.61 Å². The molecule has 0 fully saturated rings. The summed E-state index contributed by atoms with van der Waals surface area (Å²) in [7, 11) is 0. The molecule has 1 unspecified atom stereocenters. The van der Waals surface area contributed by atoms with Crippen LogP contribution in [-0.2, 0) is 4.79 Å². The molecular formula is C10H8ClF3O4.